The van der Waals surface area contributed by atoms with E-state index < -0.39 is 5.60 Å². The third kappa shape index (κ3) is 2.91. The van der Waals surface area contributed by atoms with Crippen LogP contribution in [0.25, 0.3) is 16.2 Å². The zero-order chi connectivity index (χ0) is 18.3. The summed E-state index contributed by atoms with van der Waals surface area (Å²) in [7, 11) is 1.50. The van der Waals surface area contributed by atoms with E-state index in [9.17, 15) is 9.50 Å². The average Bonchev–Trinajstić information content (AvgIpc) is 3.22. The van der Waals surface area contributed by atoms with Gasteiger partial charge in [0.15, 0.2) is 0 Å². The summed E-state index contributed by atoms with van der Waals surface area (Å²) < 4.78 is 20.5. The van der Waals surface area contributed by atoms with E-state index in [4.69, 9.17) is 10.5 Å². The molecular weight excluding hydrogens is 357 g/mol. The minimum absolute atomic E-state index is 0.226. The summed E-state index contributed by atoms with van der Waals surface area (Å²) in [5, 5.41) is 15.9. The van der Waals surface area contributed by atoms with Crippen LogP contribution < -0.4 is 15.4 Å². The van der Waals surface area contributed by atoms with Crippen molar-refractivity contribution in [2.24, 2.45) is 5.73 Å². The molecule has 7 nitrogen and oxygen atoms in total. The molecule has 9 heteroatoms. The number of fused-ring (bicyclic) bond motifs is 1. The predicted octanol–water partition coefficient (Wildman–Crippen LogP) is 1.90. The van der Waals surface area contributed by atoms with E-state index in [0.29, 0.717) is 18.7 Å². The van der Waals surface area contributed by atoms with Gasteiger partial charge in [-0.1, -0.05) is 11.3 Å². The molecular formula is C17H20FN5O2S. The number of nitrogens with two attached hydrogens (primary N) is 1. The first-order valence-electron chi connectivity index (χ1n) is 8.39. The lowest BCUT2D eigenvalue weighted by molar-refractivity contribution is 0.0346. The lowest BCUT2D eigenvalue weighted by Gasteiger charge is -2.38. The van der Waals surface area contributed by atoms with Gasteiger partial charge in [0.25, 0.3) is 0 Å². The summed E-state index contributed by atoms with van der Waals surface area (Å²) in [6.45, 7) is 1.49. The maximum atomic E-state index is 13.5. The molecule has 0 saturated carbocycles. The van der Waals surface area contributed by atoms with Crippen LogP contribution in [-0.2, 0) is 0 Å². The van der Waals surface area contributed by atoms with E-state index >= 15 is 0 Å². The molecule has 1 atom stereocenters. The van der Waals surface area contributed by atoms with E-state index in [2.05, 4.69) is 10.1 Å². The Bertz CT molecular complexity index is 943. The Balaban J connectivity index is 1.72. The molecule has 1 aliphatic rings. The molecule has 3 heterocycles. The number of ether oxygens (including phenoxy) is 1. The molecule has 0 amide bonds. The Kier molecular flexibility index (Phi) is 4.29. The van der Waals surface area contributed by atoms with Crippen LogP contribution in [0.3, 0.4) is 0 Å². The van der Waals surface area contributed by atoms with E-state index in [-0.39, 0.29) is 12.4 Å². The zero-order valence-electron chi connectivity index (χ0n) is 14.4. The smallest absolute Gasteiger partial charge is 0.214 e. The average molecular weight is 377 g/mol. The summed E-state index contributed by atoms with van der Waals surface area (Å²) in [5.74, 6) is 0.0662. The van der Waals surface area contributed by atoms with Crippen LogP contribution in [0.2, 0.25) is 0 Å². The van der Waals surface area contributed by atoms with Gasteiger partial charge in [-0.25, -0.2) is 13.9 Å². The molecule has 3 N–H and O–H groups in total. The highest BCUT2D eigenvalue weighted by atomic mass is 32.1. The fourth-order valence-electron chi connectivity index (χ4n) is 3.31. The van der Waals surface area contributed by atoms with Crippen molar-refractivity contribution >= 4 is 21.4 Å². The fraction of sp³-hybridized carbons (Fsp3) is 0.412. The van der Waals surface area contributed by atoms with Crippen LogP contribution in [-0.4, -0.2) is 52.0 Å². The van der Waals surface area contributed by atoms with E-state index in [1.54, 1.807) is 16.8 Å². The van der Waals surface area contributed by atoms with Gasteiger partial charge in [0.05, 0.1) is 31.1 Å². The fourth-order valence-corrected chi connectivity index (χ4v) is 4.21. The number of piperidine rings is 1. The first kappa shape index (κ1) is 17.2. The number of methoxy groups -OCH3 is 1. The van der Waals surface area contributed by atoms with Crippen LogP contribution in [0.15, 0.2) is 24.4 Å². The van der Waals surface area contributed by atoms with E-state index in [1.807, 2.05) is 4.90 Å². The maximum absolute atomic E-state index is 13.5. The Morgan fingerprint density at radius 3 is 3.08 bits per heavy atom. The molecule has 3 aromatic rings. The summed E-state index contributed by atoms with van der Waals surface area (Å²) in [4.78, 5) is 7.19. The number of aromatic nitrogens is 3. The van der Waals surface area contributed by atoms with Crippen molar-refractivity contribution in [3.63, 3.8) is 0 Å². The number of imidazole rings is 1. The second-order valence-corrected chi connectivity index (χ2v) is 7.46. The van der Waals surface area contributed by atoms with Crippen molar-refractivity contribution < 1.29 is 14.2 Å². The largest absolute Gasteiger partial charge is 0.496 e. The number of hydrogen-bond donors (Lipinski definition) is 2. The molecule has 1 aromatic carbocycles. The predicted molar refractivity (Wildman–Crippen MR) is 98.3 cm³/mol. The molecule has 0 aliphatic carbocycles. The number of benzene rings is 1. The standard InChI is InChI=1S/C17H20FN5O2S/c1-25-14-7-11(18)3-4-12(14)13-8-20-15-23(13)21-16(26-15)22-6-2-5-17(24,9-19)10-22/h3-4,7-8,24H,2,5-6,9-10,19H2,1H3. The molecule has 0 bridgehead atoms. The number of aliphatic hydroxyl groups is 1. The third-order valence-corrected chi connectivity index (χ3v) is 5.70. The zero-order valence-corrected chi connectivity index (χ0v) is 15.2. The van der Waals surface area contributed by atoms with E-state index in [1.165, 1.54) is 30.6 Å². The lowest BCUT2D eigenvalue weighted by atomic mass is 9.93. The van der Waals surface area contributed by atoms with Gasteiger partial charge in [0.1, 0.15) is 11.6 Å². The molecule has 4 rings (SSSR count). The first-order valence-corrected chi connectivity index (χ1v) is 9.20. The van der Waals surface area contributed by atoms with E-state index in [0.717, 1.165) is 34.3 Å². The molecule has 0 spiro atoms. The van der Waals surface area contributed by atoms with Crippen molar-refractivity contribution in [2.45, 2.75) is 18.4 Å². The lowest BCUT2D eigenvalue weighted by Crippen LogP contribution is -2.52. The van der Waals surface area contributed by atoms with Crippen molar-refractivity contribution in [1.29, 1.82) is 0 Å². The normalized spacial score (nSPS) is 20.7. The molecule has 26 heavy (non-hydrogen) atoms. The monoisotopic (exact) mass is 377 g/mol. The van der Waals surface area contributed by atoms with Gasteiger partial charge >= 0.3 is 0 Å². The van der Waals surface area contributed by atoms with Gasteiger partial charge in [-0.05, 0) is 25.0 Å². The highest BCUT2D eigenvalue weighted by molar-refractivity contribution is 7.20. The number of hydrogen-bond acceptors (Lipinski definition) is 7. The molecule has 1 unspecified atom stereocenters. The van der Waals surface area contributed by atoms with Crippen LogP contribution in [0.1, 0.15) is 12.8 Å². The molecule has 0 radical (unpaired) electrons. The SMILES string of the molecule is COc1cc(F)ccc1-c1cnc2sc(N3CCCC(O)(CN)C3)nn12. The summed E-state index contributed by atoms with van der Waals surface area (Å²) in [5.41, 5.74) is 6.29. The molecule has 1 aliphatic heterocycles. The molecule has 1 saturated heterocycles. The number of β-amino-alcohol motifs (C(OH)–C–C–N with tert-alkyl or cyclic N) is 1. The van der Waals surface area contributed by atoms with Gasteiger partial charge in [-0.15, -0.1) is 5.10 Å². The van der Waals surface area contributed by atoms with Crippen LogP contribution in [0.5, 0.6) is 5.75 Å². The molecule has 138 valence electrons. The maximum Gasteiger partial charge on any atom is 0.214 e. The quantitative estimate of drug-likeness (QED) is 0.722. The van der Waals surface area contributed by atoms with Crippen LogP contribution in [0.4, 0.5) is 9.52 Å². The second-order valence-electron chi connectivity index (χ2n) is 6.52. The van der Waals surface area contributed by atoms with Crippen molar-refractivity contribution in [3.05, 3.63) is 30.2 Å². The Labute approximate surface area is 153 Å². The third-order valence-electron chi connectivity index (χ3n) is 4.72. The van der Waals surface area contributed by atoms with Gasteiger partial charge < -0.3 is 20.5 Å². The second kappa shape index (κ2) is 6.49. The van der Waals surface area contributed by atoms with Crippen LogP contribution >= 0.6 is 11.3 Å². The summed E-state index contributed by atoms with van der Waals surface area (Å²) in [6.07, 6.45) is 3.25. The first-order chi connectivity index (χ1) is 12.5. The van der Waals surface area contributed by atoms with Gasteiger partial charge in [-0.2, -0.15) is 0 Å². The Morgan fingerprint density at radius 2 is 2.31 bits per heavy atom. The number of rotatable bonds is 4. The van der Waals surface area contributed by atoms with Crippen molar-refractivity contribution in [2.75, 3.05) is 31.6 Å². The minimum atomic E-state index is -0.880. The molecule has 2 aromatic heterocycles. The molecule has 1 fully saturated rings. The van der Waals surface area contributed by atoms with Gasteiger partial charge in [0.2, 0.25) is 10.1 Å². The van der Waals surface area contributed by atoms with Crippen molar-refractivity contribution in [3.8, 4) is 17.0 Å². The topological polar surface area (TPSA) is 88.9 Å². The Morgan fingerprint density at radius 1 is 1.46 bits per heavy atom. The van der Waals surface area contributed by atoms with Gasteiger partial charge in [-0.3, -0.25) is 0 Å². The highest BCUT2D eigenvalue weighted by Gasteiger charge is 2.33. The van der Waals surface area contributed by atoms with Gasteiger partial charge in [0, 0.05) is 24.7 Å². The number of nitrogens with zero attached hydrogens (tertiary/aromatic N) is 4. The van der Waals surface area contributed by atoms with Crippen LogP contribution in [0, 0.1) is 5.82 Å². The Hall–Kier alpha value is -2.23. The minimum Gasteiger partial charge on any atom is -0.496 e. The summed E-state index contributed by atoms with van der Waals surface area (Å²) >= 11 is 1.45. The number of halogens is 1. The summed E-state index contributed by atoms with van der Waals surface area (Å²) in [6, 6.07) is 4.38. The van der Waals surface area contributed by atoms with Crippen molar-refractivity contribution in [1.82, 2.24) is 14.6 Å². The highest BCUT2D eigenvalue weighted by Crippen LogP contribution is 2.34. The number of anilines is 1.